The highest BCUT2D eigenvalue weighted by atomic mass is 16.5. The Hall–Kier alpha value is -4.32. The van der Waals surface area contributed by atoms with Crippen LogP contribution in [-0.2, 0) is 4.79 Å². The Bertz CT molecular complexity index is 1430. The molecule has 0 saturated heterocycles. The lowest BCUT2D eigenvalue weighted by Gasteiger charge is -2.28. The molecule has 0 bridgehead atoms. The van der Waals surface area contributed by atoms with Crippen molar-refractivity contribution >= 4 is 28.3 Å². The van der Waals surface area contributed by atoms with E-state index in [1.165, 1.54) is 4.90 Å². The third kappa shape index (κ3) is 3.44. The zero-order valence-electron chi connectivity index (χ0n) is 19.0. The topological polar surface area (TPSA) is 80.0 Å². The minimum Gasteiger partial charge on any atom is -0.503 e. The summed E-state index contributed by atoms with van der Waals surface area (Å²) in [7, 11) is 1.57. The maximum Gasteiger partial charge on any atom is 0.294 e. The second kappa shape index (κ2) is 8.23. The van der Waals surface area contributed by atoms with E-state index in [2.05, 4.69) is 0 Å². The summed E-state index contributed by atoms with van der Waals surface area (Å²) in [6.07, 6.45) is 0. The molecule has 170 valence electrons. The van der Waals surface area contributed by atoms with Gasteiger partial charge in [0.25, 0.3) is 5.91 Å². The first-order valence-electron chi connectivity index (χ1n) is 10.9. The van der Waals surface area contributed by atoms with Crippen LogP contribution in [0.3, 0.4) is 0 Å². The molecule has 0 spiro atoms. The van der Waals surface area contributed by atoms with Gasteiger partial charge in [-0.2, -0.15) is 0 Å². The van der Waals surface area contributed by atoms with Crippen molar-refractivity contribution in [1.29, 1.82) is 0 Å². The highest BCUT2D eigenvalue weighted by Crippen LogP contribution is 2.43. The monoisotopic (exact) mass is 453 g/mol. The number of rotatable bonds is 5. The Kier molecular flexibility index (Phi) is 5.21. The predicted molar refractivity (Wildman–Crippen MR) is 129 cm³/mol. The van der Waals surface area contributed by atoms with Crippen LogP contribution in [0.5, 0.6) is 5.75 Å². The highest BCUT2D eigenvalue weighted by Gasteiger charge is 2.45. The molecule has 34 heavy (non-hydrogen) atoms. The van der Waals surface area contributed by atoms with Gasteiger partial charge in [-0.3, -0.25) is 14.5 Å². The fourth-order valence-corrected chi connectivity index (χ4v) is 4.49. The number of Topliss-reactive ketones (excluding diaryl/α,β-unsaturated/α-hetero) is 1. The van der Waals surface area contributed by atoms with E-state index in [1.54, 1.807) is 43.5 Å². The van der Waals surface area contributed by atoms with Gasteiger partial charge in [-0.15, -0.1) is 0 Å². The summed E-state index contributed by atoms with van der Waals surface area (Å²) in [6.45, 7) is 3.87. The van der Waals surface area contributed by atoms with Gasteiger partial charge in [0.2, 0.25) is 5.78 Å². The van der Waals surface area contributed by atoms with E-state index in [9.17, 15) is 14.7 Å². The molecule has 1 aliphatic heterocycles. The predicted octanol–water partition coefficient (Wildman–Crippen LogP) is 5.84. The number of furan rings is 1. The van der Waals surface area contributed by atoms with Crippen molar-refractivity contribution in [2.75, 3.05) is 12.0 Å². The number of nitrogens with zero attached hydrogens (tertiary/aromatic N) is 1. The molecule has 1 amide bonds. The van der Waals surface area contributed by atoms with Crippen molar-refractivity contribution in [2.45, 2.75) is 19.9 Å². The minimum atomic E-state index is -0.833. The average Bonchev–Trinajstić information content (AvgIpc) is 3.38. The Labute approximate surface area is 196 Å². The fourth-order valence-electron chi connectivity index (χ4n) is 4.49. The first-order chi connectivity index (χ1) is 16.4. The molecule has 1 aromatic heterocycles. The number of ether oxygens (including phenoxy) is 1. The molecule has 4 aromatic rings. The van der Waals surface area contributed by atoms with Crippen molar-refractivity contribution < 1.29 is 23.8 Å². The van der Waals surface area contributed by atoms with Crippen LogP contribution in [0.2, 0.25) is 0 Å². The maximum atomic E-state index is 13.7. The Morgan fingerprint density at radius 1 is 1.00 bits per heavy atom. The molecule has 6 heteroatoms. The number of aryl methyl sites for hydroxylation is 2. The fraction of sp³-hybridized carbons (Fsp3) is 0.143. The van der Waals surface area contributed by atoms with E-state index in [-0.39, 0.29) is 11.3 Å². The van der Waals surface area contributed by atoms with Crippen LogP contribution in [0.1, 0.15) is 33.3 Å². The molecule has 0 saturated carbocycles. The van der Waals surface area contributed by atoms with Crippen molar-refractivity contribution in [1.82, 2.24) is 0 Å². The smallest absolute Gasteiger partial charge is 0.294 e. The lowest BCUT2D eigenvalue weighted by Crippen LogP contribution is -2.31. The van der Waals surface area contributed by atoms with E-state index >= 15 is 0 Å². The second-order valence-corrected chi connectivity index (χ2v) is 8.38. The summed E-state index contributed by atoms with van der Waals surface area (Å²) >= 11 is 0. The number of amides is 1. The number of aliphatic hydroxyl groups is 1. The molecule has 0 aliphatic carbocycles. The quantitative estimate of drug-likeness (QED) is 0.384. The van der Waals surface area contributed by atoms with Gasteiger partial charge in [0.1, 0.15) is 11.3 Å². The molecule has 1 unspecified atom stereocenters. The number of benzene rings is 3. The van der Waals surface area contributed by atoms with Gasteiger partial charge >= 0.3 is 0 Å². The van der Waals surface area contributed by atoms with E-state index in [0.717, 1.165) is 16.5 Å². The molecule has 1 N–H and O–H groups in total. The summed E-state index contributed by atoms with van der Waals surface area (Å²) in [4.78, 5) is 28.5. The molecule has 0 fully saturated rings. The third-order valence-corrected chi connectivity index (χ3v) is 6.15. The summed E-state index contributed by atoms with van der Waals surface area (Å²) < 4.78 is 11.1. The summed E-state index contributed by atoms with van der Waals surface area (Å²) in [5.74, 6) is -1.03. The van der Waals surface area contributed by atoms with Crippen LogP contribution in [-0.4, -0.2) is 23.9 Å². The number of fused-ring (bicyclic) bond motifs is 1. The zero-order valence-corrected chi connectivity index (χ0v) is 19.0. The first-order valence-corrected chi connectivity index (χ1v) is 10.9. The maximum absolute atomic E-state index is 13.7. The van der Waals surface area contributed by atoms with Crippen molar-refractivity contribution in [3.05, 3.63) is 107 Å². The number of ketones is 1. The Morgan fingerprint density at radius 3 is 2.41 bits per heavy atom. The Balaban J connectivity index is 1.67. The molecular formula is C28H23NO5. The van der Waals surface area contributed by atoms with Crippen LogP contribution in [0, 0.1) is 13.8 Å². The summed E-state index contributed by atoms with van der Waals surface area (Å²) in [5.41, 5.74) is 3.73. The number of carbonyl (C=O) groups excluding carboxylic acids is 2. The van der Waals surface area contributed by atoms with Crippen LogP contribution < -0.4 is 9.64 Å². The normalized spacial score (nSPS) is 15.9. The second-order valence-electron chi connectivity index (χ2n) is 8.38. The average molecular weight is 453 g/mol. The standard InChI is InChI=1S/C28H23NO5/c1-16-8-13-21(17(2)14-16)29-25(18-9-11-20(33-3)12-10-18)24(27(31)28(29)32)26(30)23-15-19-6-4-5-7-22(19)34-23/h4-15,25,31H,1-3H3. The molecule has 2 heterocycles. The van der Waals surface area contributed by atoms with Crippen LogP contribution in [0.4, 0.5) is 5.69 Å². The Morgan fingerprint density at radius 2 is 1.74 bits per heavy atom. The lowest BCUT2D eigenvalue weighted by molar-refractivity contribution is -0.117. The number of hydrogen-bond acceptors (Lipinski definition) is 5. The number of aliphatic hydroxyl groups excluding tert-OH is 1. The summed E-state index contributed by atoms with van der Waals surface area (Å²) in [5, 5.41) is 11.7. The third-order valence-electron chi connectivity index (χ3n) is 6.15. The van der Waals surface area contributed by atoms with Crippen LogP contribution in [0.25, 0.3) is 11.0 Å². The van der Waals surface area contributed by atoms with Crippen molar-refractivity contribution in [3.8, 4) is 5.75 Å². The zero-order chi connectivity index (χ0) is 24.0. The molecule has 3 aromatic carbocycles. The van der Waals surface area contributed by atoms with Crippen molar-refractivity contribution in [3.63, 3.8) is 0 Å². The molecule has 6 nitrogen and oxygen atoms in total. The van der Waals surface area contributed by atoms with Gasteiger partial charge < -0.3 is 14.3 Å². The van der Waals surface area contributed by atoms with Crippen LogP contribution >= 0.6 is 0 Å². The van der Waals surface area contributed by atoms with E-state index in [1.807, 2.05) is 50.2 Å². The molecule has 1 atom stereocenters. The summed E-state index contributed by atoms with van der Waals surface area (Å²) in [6, 6.07) is 20.9. The largest absolute Gasteiger partial charge is 0.503 e. The lowest BCUT2D eigenvalue weighted by atomic mass is 9.94. The van der Waals surface area contributed by atoms with Gasteiger partial charge in [-0.1, -0.05) is 48.0 Å². The molecular weight excluding hydrogens is 430 g/mol. The van der Waals surface area contributed by atoms with Gasteiger partial charge in [-0.25, -0.2) is 0 Å². The van der Waals surface area contributed by atoms with Gasteiger partial charge in [0.05, 0.1) is 18.7 Å². The molecule has 1 aliphatic rings. The van der Waals surface area contributed by atoms with Gasteiger partial charge in [0.15, 0.2) is 11.5 Å². The number of hydrogen-bond donors (Lipinski definition) is 1. The first kappa shape index (κ1) is 21.5. The number of para-hydroxylation sites is 1. The van der Waals surface area contributed by atoms with E-state index in [0.29, 0.717) is 22.6 Å². The van der Waals surface area contributed by atoms with Crippen LogP contribution in [0.15, 0.2) is 88.5 Å². The minimum absolute atomic E-state index is 0.0193. The number of anilines is 1. The van der Waals surface area contributed by atoms with E-state index < -0.39 is 23.5 Å². The van der Waals surface area contributed by atoms with E-state index in [4.69, 9.17) is 9.15 Å². The van der Waals surface area contributed by atoms with Gasteiger partial charge in [0, 0.05) is 11.1 Å². The number of methoxy groups -OCH3 is 1. The van der Waals surface area contributed by atoms with Crippen molar-refractivity contribution in [2.24, 2.45) is 0 Å². The molecule has 0 radical (unpaired) electrons. The van der Waals surface area contributed by atoms with Gasteiger partial charge in [-0.05, 0) is 55.3 Å². The molecule has 5 rings (SSSR count). The number of carbonyl (C=O) groups is 2. The SMILES string of the molecule is COc1ccc(C2C(C(=O)c3cc4ccccc4o3)=C(O)C(=O)N2c2ccc(C)cc2C)cc1. The highest BCUT2D eigenvalue weighted by molar-refractivity contribution is 6.20.